The van der Waals surface area contributed by atoms with E-state index in [9.17, 15) is 0 Å². The van der Waals surface area contributed by atoms with Crippen LogP contribution in [0.15, 0.2) is 36.5 Å². The Labute approximate surface area is 99.8 Å². The first-order valence-corrected chi connectivity index (χ1v) is 5.66. The van der Waals surface area contributed by atoms with Crippen LogP contribution in [0.3, 0.4) is 0 Å². The summed E-state index contributed by atoms with van der Waals surface area (Å²) in [6, 6.07) is 10.4. The fourth-order valence-corrected chi connectivity index (χ4v) is 1.77. The lowest BCUT2D eigenvalue weighted by Gasteiger charge is -2.04. The van der Waals surface area contributed by atoms with Crippen LogP contribution in [0, 0.1) is 0 Å². The van der Waals surface area contributed by atoms with E-state index in [4.69, 9.17) is 17.3 Å². The van der Waals surface area contributed by atoms with Crippen molar-refractivity contribution >= 4 is 17.4 Å². The quantitative estimate of drug-likeness (QED) is 0.886. The predicted molar refractivity (Wildman–Crippen MR) is 66.4 cm³/mol. The Hall–Kier alpha value is -1.48. The van der Waals surface area contributed by atoms with Gasteiger partial charge in [-0.15, -0.1) is 0 Å². The number of hydrogen-bond acceptors (Lipinski definition) is 2. The Morgan fingerprint density at radius 1 is 1.25 bits per heavy atom. The number of hydrogen-bond donors (Lipinski definition) is 1. The van der Waals surface area contributed by atoms with E-state index in [0.717, 1.165) is 19.4 Å². The Morgan fingerprint density at radius 2 is 2.00 bits per heavy atom. The molecule has 0 atom stereocenters. The summed E-state index contributed by atoms with van der Waals surface area (Å²) >= 11 is 5.82. The lowest BCUT2D eigenvalue weighted by Crippen LogP contribution is -2.05. The standard InChI is InChI=1S/C12H14ClN3/c13-11-9-15-16(12(11)14)8-4-7-10-5-2-1-3-6-10/h1-3,5-6,9H,4,7-8,14H2. The van der Waals surface area contributed by atoms with Gasteiger partial charge in [0, 0.05) is 6.54 Å². The molecule has 0 unspecified atom stereocenters. The molecule has 1 aromatic heterocycles. The van der Waals surface area contributed by atoms with Crippen LogP contribution in [0.4, 0.5) is 5.82 Å². The fraction of sp³-hybridized carbons (Fsp3) is 0.250. The summed E-state index contributed by atoms with van der Waals surface area (Å²) < 4.78 is 1.74. The van der Waals surface area contributed by atoms with Crippen molar-refractivity contribution in [3.8, 4) is 0 Å². The van der Waals surface area contributed by atoms with Gasteiger partial charge in [0.05, 0.1) is 6.20 Å². The normalized spacial score (nSPS) is 10.6. The van der Waals surface area contributed by atoms with Gasteiger partial charge < -0.3 is 5.73 Å². The summed E-state index contributed by atoms with van der Waals surface area (Å²) in [7, 11) is 0. The minimum atomic E-state index is 0.528. The van der Waals surface area contributed by atoms with E-state index in [2.05, 4.69) is 29.4 Å². The van der Waals surface area contributed by atoms with E-state index in [1.54, 1.807) is 10.9 Å². The molecule has 16 heavy (non-hydrogen) atoms. The molecule has 0 saturated heterocycles. The minimum absolute atomic E-state index is 0.528. The highest BCUT2D eigenvalue weighted by Crippen LogP contribution is 2.17. The topological polar surface area (TPSA) is 43.8 Å². The summed E-state index contributed by atoms with van der Waals surface area (Å²) in [6.07, 6.45) is 3.61. The molecular weight excluding hydrogens is 222 g/mol. The van der Waals surface area contributed by atoms with E-state index < -0.39 is 0 Å². The molecule has 0 saturated carbocycles. The summed E-state index contributed by atoms with van der Waals surface area (Å²) in [5, 5.41) is 4.63. The van der Waals surface area contributed by atoms with Crippen molar-refractivity contribution in [3.05, 3.63) is 47.1 Å². The van der Waals surface area contributed by atoms with Crippen LogP contribution < -0.4 is 5.73 Å². The zero-order chi connectivity index (χ0) is 11.4. The molecule has 3 nitrogen and oxygen atoms in total. The number of anilines is 1. The average Bonchev–Trinajstić information content (AvgIpc) is 2.62. The number of halogens is 1. The second-order valence-corrected chi connectivity index (χ2v) is 4.10. The summed E-state index contributed by atoms with van der Waals surface area (Å²) in [5.41, 5.74) is 7.08. The van der Waals surface area contributed by atoms with Gasteiger partial charge in [-0.3, -0.25) is 0 Å². The van der Waals surface area contributed by atoms with Crippen molar-refractivity contribution in [2.45, 2.75) is 19.4 Å². The lowest BCUT2D eigenvalue weighted by atomic mass is 10.1. The Balaban J connectivity index is 1.87. The number of nitrogens with two attached hydrogens (primary N) is 1. The maximum atomic E-state index is 5.82. The van der Waals surface area contributed by atoms with Gasteiger partial charge in [-0.2, -0.15) is 5.10 Å². The van der Waals surface area contributed by atoms with Gasteiger partial charge in [0.2, 0.25) is 0 Å². The molecule has 0 aliphatic rings. The molecule has 0 bridgehead atoms. The molecule has 0 spiro atoms. The van der Waals surface area contributed by atoms with Gasteiger partial charge in [0.1, 0.15) is 10.8 Å². The number of nitrogens with zero attached hydrogens (tertiary/aromatic N) is 2. The molecule has 2 aromatic rings. The molecule has 0 aliphatic heterocycles. The maximum Gasteiger partial charge on any atom is 0.140 e. The van der Waals surface area contributed by atoms with Crippen LogP contribution in [-0.4, -0.2) is 9.78 Å². The first-order chi connectivity index (χ1) is 7.77. The molecule has 0 aliphatic carbocycles. The number of nitrogen functional groups attached to an aromatic ring is 1. The zero-order valence-electron chi connectivity index (χ0n) is 8.94. The van der Waals surface area contributed by atoms with Crippen LogP contribution in [0.5, 0.6) is 0 Å². The van der Waals surface area contributed by atoms with Gasteiger partial charge in [-0.1, -0.05) is 41.9 Å². The third-order valence-corrected chi connectivity index (χ3v) is 2.80. The highest BCUT2D eigenvalue weighted by molar-refractivity contribution is 6.32. The van der Waals surface area contributed by atoms with Crippen molar-refractivity contribution in [3.63, 3.8) is 0 Å². The summed E-state index contributed by atoms with van der Waals surface area (Å²) in [4.78, 5) is 0. The molecule has 2 N–H and O–H groups in total. The van der Waals surface area contributed by atoms with E-state index in [-0.39, 0.29) is 0 Å². The van der Waals surface area contributed by atoms with E-state index in [1.165, 1.54) is 5.56 Å². The molecule has 1 heterocycles. The first kappa shape index (κ1) is 11.0. The number of aryl methyl sites for hydroxylation is 2. The van der Waals surface area contributed by atoms with Crippen molar-refractivity contribution in [1.29, 1.82) is 0 Å². The van der Waals surface area contributed by atoms with Gasteiger partial charge >= 0.3 is 0 Å². The minimum Gasteiger partial charge on any atom is -0.383 e. The molecule has 84 valence electrons. The monoisotopic (exact) mass is 235 g/mol. The third kappa shape index (κ3) is 2.55. The van der Waals surface area contributed by atoms with E-state index >= 15 is 0 Å². The average molecular weight is 236 g/mol. The van der Waals surface area contributed by atoms with Crippen LogP contribution in [0.25, 0.3) is 0 Å². The summed E-state index contributed by atoms with van der Waals surface area (Å²) in [5.74, 6) is 0.551. The van der Waals surface area contributed by atoms with E-state index in [0.29, 0.717) is 10.8 Å². The molecule has 0 amide bonds. The number of benzene rings is 1. The van der Waals surface area contributed by atoms with Crippen LogP contribution >= 0.6 is 11.6 Å². The smallest absolute Gasteiger partial charge is 0.140 e. The van der Waals surface area contributed by atoms with Gasteiger partial charge in [-0.05, 0) is 18.4 Å². The second-order valence-electron chi connectivity index (χ2n) is 3.69. The van der Waals surface area contributed by atoms with Gasteiger partial charge in [0.15, 0.2) is 0 Å². The number of rotatable bonds is 4. The number of aromatic nitrogens is 2. The summed E-state index contributed by atoms with van der Waals surface area (Å²) in [6.45, 7) is 0.799. The van der Waals surface area contributed by atoms with Crippen molar-refractivity contribution in [2.75, 3.05) is 5.73 Å². The first-order valence-electron chi connectivity index (χ1n) is 5.28. The Kier molecular flexibility index (Phi) is 3.47. The van der Waals surface area contributed by atoms with Crippen LogP contribution in [-0.2, 0) is 13.0 Å². The Bertz CT molecular complexity index is 451. The Morgan fingerprint density at radius 3 is 2.62 bits per heavy atom. The highest BCUT2D eigenvalue weighted by Gasteiger charge is 2.03. The highest BCUT2D eigenvalue weighted by atomic mass is 35.5. The largest absolute Gasteiger partial charge is 0.383 e. The van der Waals surface area contributed by atoms with Gasteiger partial charge in [0.25, 0.3) is 0 Å². The maximum absolute atomic E-state index is 5.82. The van der Waals surface area contributed by atoms with Crippen molar-refractivity contribution in [1.82, 2.24) is 9.78 Å². The van der Waals surface area contributed by atoms with Crippen molar-refractivity contribution in [2.24, 2.45) is 0 Å². The molecule has 1 aromatic carbocycles. The molecule has 0 fully saturated rings. The van der Waals surface area contributed by atoms with Gasteiger partial charge in [-0.25, -0.2) is 4.68 Å². The molecular formula is C12H14ClN3. The lowest BCUT2D eigenvalue weighted by molar-refractivity contribution is 0.586. The predicted octanol–water partition coefficient (Wildman–Crippen LogP) is 2.75. The third-order valence-electron chi connectivity index (χ3n) is 2.51. The van der Waals surface area contributed by atoms with Crippen LogP contribution in [0.2, 0.25) is 5.02 Å². The molecule has 0 radical (unpaired) electrons. The fourth-order valence-electron chi connectivity index (χ4n) is 1.63. The SMILES string of the molecule is Nc1c(Cl)cnn1CCCc1ccccc1. The molecule has 2 rings (SSSR count). The second kappa shape index (κ2) is 5.03. The van der Waals surface area contributed by atoms with E-state index in [1.807, 2.05) is 6.07 Å². The van der Waals surface area contributed by atoms with Crippen molar-refractivity contribution < 1.29 is 0 Å². The molecule has 4 heteroatoms. The van der Waals surface area contributed by atoms with Crippen LogP contribution in [0.1, 0.15) is 12.0 Å². The zero-order valence-corrected chi connectivity index (χ0v) is 9.69.